The minimum atomic E-state index is -3.71. The van der Waals surface area contributed by atoms with Gasteiger partial charge in [0.25, 0.3) is 0 Å². The topological polar surface area (TPSA) is 84.9 Å². The molecule has 0 atom stereocenters. The number of benzene rings is 1. The number of sulfonamides is 1. The van der Waals surface area contributed by atoms with Gasteiger partial charge in [0.1, 0.15) is 0 Å². The van der Waals surface area contributed by atoms with Crippen LogP contribution in [0.1, 0.15) is 41.5 Å². The highest BCUT2D eigenvalue weighted by atomic mass is 32.2. The van der Waals surface area contributed by atoms with Gasteiger partial charge >= 0.3 is 7.12 Å². The van der Waals surface area contributed by atoms with Gasteiger partial charge in [-0.25, -0.2) is 13.1 Å². The quantitative estimate of drug-likeness (QED) is 0.771. The second-order valence-corrected chi connectivity index (χ2v) is 9.49. The molecule has 1 aromatic rings. The molecule has 0 radical (unpaired) electrons. The van der Waals surface area contributed by atoms with Gasteiger partial charge in [-0.2, -0.15) is 0 Å². The van der Waals surface area contributed by atoms with Gasteiger partial charge < -0.3 is 14.4 Å². The van der Waals surface area contributed by atoms with Crippen molar-refractivity contribution in [2.24, 2.45) is 0 Å². The van der Waals surface area contributed by atoms with Crippen LogP contribution >= 0.6 is 0 Å². The molecular weight excluding hydrogens is 329 g/mol. The zero-order chi connectivity index (χ0) is 18.4. The fourth-order valence-corrected chi connectivity index (χ4v) is 3.64. The summed E-state index contributed by atoms with van der Waals surface area (Å²) in [5.41, 5.74) is -1.07. The minimum Gasteiger partial charge on any atom is -0.399 e. The molecule has 1 aromatic carbocycles. The summed E-state index contributed by atoms with van der Waals surface area (Å²) < 4.78 is 39.1. The zero-order valence-electron chi connectivity index (χ0n) is 15.1. The fraction of sp³-hybridized carbons (Fsp3) is 0.625. The Hall–Kier alpha value is -0.925. The highest BCUT2D eigenvalue weighted by Gasteiger charge is 2.51. The van der Waals surface area contributed by atoms with Gasteiger partial charge in [0, 0.05) is 0 Å². The summed E-state index contributed by atoms with van der Waals surface area (Å²) in [6.45, 7) is 10.8. The third-order valence-corrected chi connectivity index (χ3v) is 6.24. The van der Waals surface area contributed by atoms with Crippen LogP contribution in [-0.4, -0.2) is 44.0 Å². The molecule has 8 heteroatoms. The molecular formula is C16H26BNO5S. The summed E-state index contributed by atoms with van der Waals surface area (Å²) in [7, 11) is -4.24. The molecule has 1 saturated heterocycles. The molecule has 0 saturated carbocycles. The van der Waals surface area contributed by atoms with Crippen LogP contribution < -0.4 is 10.2 Å². The molecule has 1 fully saturated rings. The number of aliphatic hydroxyl groups excluding tert-OH is 1. The standard InChI is InChI=1S/C16H26BNO5S/c1-14(2,11-19)18-24(20,21)13-9-7-12(8-10-13)17-22-15(3,4)16(5,6)23-17/h7-10,18-19H,11H2,1-6H3. The Morgan fingerprint density at radius 1 is 1.08 bits per heavy atom. The Labute approximate surface area is 144 Å². The highest BCUT2D eigenvalue weighted by Crippen LogP contribution is 2.36. The molecule has 2 rings (SSSR count). The first kappa shape index (κ1) is 19.4. The van der Waals surface area contributed by atoms with E-state index in [1.54, 1.807) is 26.0 Å². The van der Waals surface area contributed by atoms with E-state index in [0.29, 0.717) is 0 Å². The average Bonchev–Trinajstić information content (AvgIpc) is 2.67. The largest absolute Gasteiger partial charge is 0.494 e. The minimum absolute atomic E-state index is 0.129. The first-order valence-electron chi connectivity index (χ1n) is 7.90. The van der Waals surface area contributed by atoms with Crippen molar-refractivity contribution >= 4 is 22.6 Å². The molecule has 2 N–H and O–H groups in total. The van der Waals surface area contributed by atoms with Gasteiger partial charge in [0.05, 0.1) is 28.2 Å². The van der Waals surface area contributed by atoms with E-state index < -0.39 is 33.9 Å². The number of hydrogen-bond acceptors (Lipinski definition) is 5. The van der Waals surface area contributed by atoms with Crippen LogP contribution in [0.2, 0.25) is 0 Å². The molecule has 134 valence electrons. The van der Waals surface area contributed by atoms with Gasteiger partial charge in [0.15, 0.2) is 0 Å². The summed E-state index contributed by atoms with van der Waals surface area (Å²) in [4.78, 5) is 0.129. The Morgan fingerprint density at radius 2 is 1.54 bits per heavy atom. The first-order chi connectivity index (χ1) is 10.8. The lowest BCUT2D eigenvalue weighted by Crippen LogP contribution is -2.46. The van der Waals surface area contributed by atoms with Crippen LogP contribution in [0.5, 0.6) is 0 Å². The number of nitrogens with one attached hydrogen (secondary N) is 1. The van der Waals surface area contributed by atoms with Gasteiger partial charge in [-0.05, 0) is 59.1 Å². The smallest absolute Gasteiger partial charge is 0.399 e. The third-order valence-electron chi connectivity index (χ3n) is 4.52. The van der Waals surface area contributed by atoms with E-state index in [2.05, 4.69) is 4.72 Å². The number of aliphatic hydroxyl groups is 1. The lowest BCUT2D eigenvalue weighted by Gasteiger charge is -2.32. The lowest BCUT2D eigenvalue weighted by molar-refractivity contribution is 0.00578. The van der Waals surface area contributed by atoms with E-state index in [-0.39, 0.29) is 11.5 Å². The van der Waals surface area contributed by atoms with Crippen LogP contribution in [0, 0.1) is 0 Å². The van der Waals surface area contributed by atoms with E-state index in [1.807, 2.05) is 27.7 Å². The van der Waals surface area contributed by atoms with E-state index in [4.69, 9.17) is 9.31 Å². The maximum absolute atomic E-state index is 12.4. The van der Waals surface area contributed by atoms with Crippen LogP contribution in [0.3, 0.4) is 0 Å². The Balaban J connectivity index is 2.20. The molecule has 0 amide bonds. The first-order valence-corrected chi connectivity index (χ1v) is 9.38. The normalized spacial score (nSPS) is 20.4. The SMILES string of the molecule is CC(C)(CO)NS(=O)(=O)c1ccc(B2OC(C)(C)C(C)(C)O2)cc1. The average molecular weight is 355 g/mol. The predicted octanol–water partition coefficient (Wildman–Crippen LogP) is 1.03. The molecule has 1 aliphatic heterocycles. The van der Waals surface area contributed by atoms with Crippen molar-refractivity contribution in [2.45, 2.75) is 63.2 Å². The van der Waals surface area contributed by atoms with Crippen LogP contribution in [0.4, 0.5) is 0 Å². The van der Waals surface area contributed by atoms with Gasteiger partial charge in [0.2, 0.25) is 10.0 Å². The number of rotatable bonds is 5. The predicted molar refractivity (Wildman–Crippen MR) is 93.6 cm³/mol. The van der Waals surface area contributed by atoms with Gasteiger partial charge in [-0.15, -0.1) is 0 Å². The van der Waals surface area contributed by atoms with Gasteiger partial charge in [-0.3, -0.25) is 0 Å². The van der Waals surface area contributed by atoms with Crippen molar-refractivity contribution in [1.29, 1.82) is 0 Å². The molecule has 0 bridgehead atoms. The van der Waals surface area contributed by atoms with E-state index >= 15 is 0 Å². The van der Waals surface area contributed by atoms with Crippen molar-refractivity contribution in [2.75, 3.05) is 6.61 Å². The summed E-state index contributed by atoms with van der Waals surface area (Å²) in [6, 6.07) is 6.39. The highest BCUT2D eigenvalue weighted by molar-refractivity contribution is 7.89. The van der Waals surface area contributed by atoms with Crippen molar-refractivity contribution in [3.63, 3.8) is 0 Å². The summed E-state index contributed by atoms with van der Waals surface area (Å²) in [5, 5.41) is 9.23. The van der Waals surface area contributed by atoms with E-state index in [1.165, 1.54) is 12.1 Å². The molecule has 0 unspecified atom stereocenters. The second kappa shape index (κ2) is 6.11. The molecule has 0 aromatic heterocycles. The molecule has 1 heterocycles. The summed E-state index contributed by atoms with van der Waals surface area (Å²) >= 11 is 0. The molecule has 1 aliphatic rings. The molecule has 24 heavy (non-hydrogen) atoms. The number of hydrogen-bond donors (Lipinski definition) is 2. The third kappa shape index (κ3) is 3.83. The second-order valence-electron chi connectivity index (χ2n) is 7.80. The maximum Gasteiger partial charge on any atom is 0.494 e. The summed E-state index contributed by atoms with van der Waals surface area (Å²) in [6.07, 6.45) is 0. The molecule has 6 nitrogen and oxygen atoms in total. The monoisotopic (exact) mass is 355 g/mol. The van der Waals surface area contributed by atoms with Crippen molar-refractivity contribution in [1.82, 2.24) is 4.72 Å². The van der Waals surface area contributed by atoms with E-state index in [9.17, 15) is 13.5 Å². The molecule has 0 spiro atoms. The zero-order valence-corrected chi connectivity index (χ0v) is 15.9. The Morgan fingerprint density at radius 3 is 1.96 bits per heavy atom. The van der Waals surface area contributed by atoms with Crippen molar-refractivity contribution < 1.29 is 22.8 Å². The summed E-state index contributed by atoms with van der Waals surface area (Å²) in [5.74, 6) is 0. The van der Waals surface area contributed by atoms with E-state index in [0.717, 1.165) is 5.46 Å². The van der Waals surface area contributed by atoms with Crippen molar-refractivity contribution in [3.8, 4) is 0 Å². The fourth-order valence-electron chi connectivity index (χ4n) is 2.24. The Kier molecular flexibility index (Phi) is 4.93. The van der Waals surface area contributed by atoms with Gasteiger partial charge in [-0.1, -0.05) is 12.1 Å². The molecule has 0 aliphatic carbocycles. The van der Waals surface area contributed by atoms with Crippen LogP contribution in [0.25, 0.3) is 0 Å². The Bertz CT molecular complexity index is 682. The maximum atomic E-state index is 12.4. The van der Waals surface area contributed by atoms with Crippen LogP contribution in [0.15, 0.2) is 29.2 Å². The van der Waals surface area contributed by atoms with Crippen molar-refractivity contribution in [3.05, 3.63) is 24.3 Å². The van der Waals surface area contributed by atoms with Crippen LogP contribution in [-0.2, 0) is 19.3 Å². The lowest BCUT2D eigenvalue weighted by atomic mass is 9.79.